The van der Waals surface area contributed by atoms with Crippen molar-refractivity contribution in [2.24, 2.45) is 0 Å². The van der Waals surface area contributed by atoms with Crippen LogP contribution in [0, 0.1) is 0 Å². The molecule has 0 bridgehead atoms. The number of halogens is 3. The number of alkyl halides is 3. The summed E-state index contributed by atoms with van der Waals surface area (Å²) in [6.45, 7) is 0.875. The topological polar surface area (TPSA) is 38.3 Å². The van der Waals surface area contributed by atoms with Crippen molar-refractivity contribution in [2.45, 2.75) is 51.2 Å². The van der Waals surface area contributed by atoms with E-state index in [9.17, 15) is 18.0 Å². The van der Waals surface area contributed by atoms with Crippen LogP contribution in [-0.2, 0) is 9.53 Å². The molecule has 1 N–H and O–H groups in total. The van der Waals surface area contributed by atoms with Crippen molar-refractivity contribution in [1.29, 1.82) is 0 Å². The zero-order chi connectivity index (χ0) is 13.3. The lowest BCUT2D eigenvalue weighted by Gasteiger charge is -2.17. The van der Waals surface area contributed by atoms with Gasteiger partial charge in [-0.25, -0.2) is 0 Å². The number of hydrogen-bond donors (Lipinski definition) is 1. The van der Waals surface area contributed by atoms with Crippen LogP contribution in [0.2, 0.25) is 0 Å². The van der Waals surface area contributed by atoms with E-state index in [4.69, 9.17) is 0 Å². The Morgan fingerprint density at radius 3 is 2.41 bits per heavy atom. The summed E-state index contributed by atoms with van der Waals surface area (Å²) in [5, 5.41) is 2.19. The third-order valence-electron chi connectivity index (χ3n) is 2.38. The minimum absolute atomic E-state index is 0.378. The zero-order valence-electron chi connectivity index (χ0n) is 10.3. The molecule has 0 spiro atoms. The number of carbonyl (C=O) groups excluding carboxylic acids is 1. The van der Waals surface area contributed by atoms with Crippen molar-refractivity contribution in [3.05, 3.63) is 0 Å². The third kappa shape index (κ3) is 8.97. The fraction of sp³-hybridized carbons (Fsp3) is 0.909. The lowest BCUT2D eigenvalue weighted by Crippen LogP contribution is -2.42. The number of esters is 1. The molecule has 17 heavy (non-hydrogen) atoms. The van der Waals surface area contributed by atoms with Gasteiger partial charge in [0.15, 0.2) is 0 Å². The molecule has 0 aliphatic rings. The average molecular weight is 255 g/mol. The third-order valence-corrected chi connectivity index (χ3v) is 2.38. The van der Waals surface area contributed by atoms with Crippen LogP contribution in [0.25, 0.3) is 0 Å². The largest absolute Gasteiger partial charge is 0.468 e. The molecular weight excluding hydrogens is 235 g/mol. The van der Waals surface area contributed by atoms with Crippen LogP contribution in [-0.4, -0.2) is 31.8 Å². The number of hydrogen-bond acceptors (Lipinski definition) is 3. The van der Waals surface area contributed by atoms with Crippen LogP contribution in [0.3, 0.4) is 0 Å². The fourth-order valence-electron chi connectivity index (χ4n) is 1.46. The fourth-order valence-corrected chi connectivity index (χ4v) is 1.46. The highest BCUT2D eigenvalue weighted by atomic mass is 19.4. The molecule has 102 valence electrons. The maximum atomic E-state index is 12.0. The Morgan fingerprint density at radius 1 is 1.29 bits per heavy atom. The molecule has 0 saturated heterocycles. The smallest absolute Gasteiger partial charge is 0.401 e. The van der Waals surface area contributed by atoms with Gasteiger partial charge in [-0.05, 0) is 6.42 Å². The number of unbranched alkanes of at least 4 members (excludes halogenated alkanes) is 3. The molecule has 0 aromatic heterocycles. The summed E-state index contributed by atoms with van der Waals surface area (Å²) in [7, 11) is 1.18. The molecule has 1 unspecified atom stereocenters. The predicted octanol–water partition coefficient (Wildman–Crippen LogP) is 2.65. The van der Waals surface area contributed by atoms with Crippen LogP contribution >= 0.6 is 0 Å². The molecule has 0 rings (SSSR count). The second kappa shape index (κ2) is 8.33. The van der Waals surface area contributed by atoms with Crippen LogP contribution in [0.5, 0.6) is 0 Å². The van der Waals surface area contributed by atoms with Crippen molar-refractivity contribution in [2.75, 3.05) is 13.7 Å². The summed E-state index contributed by atoms with van der Waals surface area (Å²) in [5.74, 6) is -0.634. The molecule has 3 nitrogen and oxygen atoms in total. The molecule has 0 aliphatic carbocycles. The first-order valence-electron chi connectivity index (χ1n) is 5.78. The zero-order valence-corrected chi connectivity index (χ0v) is 10.3. The second-order valence-electron chi connectivity index (χ2n) is 3.92. The Balaban J connectivity index is 4.02. The van der Waals surface area contributed by atoms with Crippen LogP contribution in [0.4, 0.5) is 13.2 Å². The highest BCUT2D eigenvalue weighted by Gasteiger charge is 2.30. The lowest BCUT2D eigenvalue weighted by molar-refractivity contribution is -0.146. The van der Waals surface area contributed by atoms with Gasteiger partial charge in [-0.3, -0.25) is 10.1 Å². The molecular formula is C11H20F3NO2. The monoisotopic (exact) mass is 255 g/mol. The quantitative estimate of drug-likeness (QED) is 0.535. The molecule has 0 aromatic rings. The Morgan fingerprint density at radius 2 is 1.94 bits per heavy atom. The maximum Gasteiger partial charge on any atom is 0.401 e. The van der Waals surface area contributed by atoms with Gasteiger partial charge in [0.1, 0.15) is 6.04 Å². The normalized spacial score (nSPS) is 13.5. The van der Waals surface area contributed by atoms with Gasteiger partial charge in [-0.2, -0.15) is 13.2 Å². The minimum Gasteiger partial charge on any atom is -0.468 e. The predicted molar refractivity (Wildman–Crippen MR) is 58.6 cm³/mol. The Kier molecular flexibility index (Phi) is 7.95. The molecule has 0 amide bonds. The van der Waals surface area contributed by atoms with Crippen molar-refractivity contribution >= 4 is 5.97 Å². The summed E-state index contributed by atoms with van der Waals surface area (Å²) >= 11 is 0. The molecule has 0 aromatic carbocycles. The Bertz CT molecular complexity index is 219. The number of rotatable bonds is 8. The maximum absolute atomic E-state index is 12.0. The standard InChI is InChI=1S/C11H20F3NO2/c1-3-4-5-6-7-9(10(16)17-2)15-8-11(12,13)14/h9,15H,3-8H2,1-2H3. The van der Waals surface area contributed by atoms with E-state index < -0.39 is 24.7 Å². The number of methoxy groups -OCH3 is 1. The van der Waals surface area contributed by atoms with E-state index in [1.54, 1.807) is 0 Å². The molecule has 0 aliphatic heterocycles. The van der Waals surface area contributed by atoms with Crippen molar-refractivity contribution in [3.63, 3.8) is 0 Å². The summed E-state index contributed by atoms with van der Waals surface area (Å²) < 4.78 is 40.5. The van der Waals surface area contributed by atoms with E-state index in [1.165, 1.54) is 7.11 Å². The molecule has 0 fully saturated rings. The molecule has 0 heterocycles. The van der Waals surface area contributed by atoms with Gasteiger partial charge in [0.25, 0.3) is 0 Å². The summed E-state index contributed by atoms with van der Waals surface area (Å²) in [4.78, 5) is 11.2. The lowest BCUT2D eigenvalue weighted by atomic mass is 10.1. The van der Waals surface area contributed by atoms with Crippen molar-refractivity contribution in [1.82, 2.24) is 5.32 Å². The SMILES string of the molecule is CCCCCCC(NCC(F)(F)F)C(=O)OC. The highest BCUT2D eigenvalue weighted by molar-refractivity contribution is 5.75. The van der Waals surface area contributed by atoms with E-state index in [0.29, 0.717) is 6.42 Å². The van der Waals surface area contributed by atoms with Crippen LogP contribution < -0.4 is 5.32 Å². The van der Waals surface area contributed by atoms with Gasteiger partial charge >= 0.3 is 12.1 Å². The average Bonchev–Trinajstić information content (AvgIpc) is 2.26. The van der Waals surface area contributed by atoms with Crippen molar-refractivity contribution < 1.29 is 22.7 Å². The summed E-state index contributed by atoms with van der Waals surface area (Å²) in [5.41, 5.74) is 0. The first-order valence-corrected chi connectivity index (χ1v) is 5.78. The van der Waals surface area contributed by atoms with Gasteiger partial charge in [0.05, 0.1) is 13.7 Å². The van der Waals surface area contributed by atoms with E-state index in [1.807, 2.05) is 6.92 Å². The number of carbonyl (C=O) groups is 1. The second-order valence-corrected chi connectivity index (χ2v) is 3.92. The first kappa shape index (κ1) is 16.2. The van der Waals surface area contributed by atoms with Crippen LogP contribution in [0.15, 0.2) is 0 Å². The van der Waals surface area contributed by atoms with E-state index >= 15 is 0 Å². The minimum atomic E-state index is -4.31. The van der Waals surface area contributed by atoms with E-state index in [0.717, 1.165) is 25.7 Å². The van der Waals surface area contributed by atoms with Crippen molar-refractivity contribution in [3.8, 4) is 0 Å². The Hall–Kier alpha value is -0.780. The molecule has 1 atom stereocenters. The highest BCUT2D eigenvalue weighted by Crippen LogP contribution is 2.14. The van der Waals surface area contributed by atoms with Crippen LogP contribution in [0.1, 0.15) is 39.0 Å². The van der Waals surface area contributed by atoms with Gasteiger partial charge in [-0.15, -0.1) is 0 Å². The van der Waals surface area contributed by atoms with Gasteiger partial charge < -0.3 is 4.74 Å². The van der Waals surface area contributed by atoms with Gasteiger partial charge in [0.2, 0.25) is 0 Å². The Labute approximate surface area is 99.7 Å². The first-order chi connectivity index (χ1) is 7.90. The summed E-state index contributed by atoms with van der Waals surface area (Å²) in [6.07, 6.45) is -0.235. The van der Waals surface area contributed by atoms with E-state index in [2.05, 4.69) is 10.1 Å². The number of ether oxygens (including phenoxy) is 1. The van der Waals surface area contributed by atoms with Gasteiger partial charge in [-0.1, -0.05) is 32.6 Å². The molecule has 0 saturated carbocycles. The molecule has 0 radical (unpaired) electrons. The van der Waals surface area contributed by atoms with E-state index in [-0.39, 0.29) is 0 Å². The van der Waals surface area contributed by atoms with Gasteiger partial charge in [0, 0.05) is 0 Å². The number of nitrogens with one attached hydrogen (secondary N) is 1. The summed E-state index contributed by atoms with van der Waals surface area (Å²) in [6, 6.07) is -0.863. The molecule has 6 heteroatoms.